The number of thioether (sulfide) groups is 1. The molecule has 0 spiro atoms. The summed E-state index contributed by atoms with van der Waals surface area (Å²) in [6.45, 7) is 3.92. The summed E-state index contributed by atoms with van der Waals surface area (Å²) in [6, 6.07) is 12.5. The van der Waals surface area contributed by atoms with E-state index in [-0.39, 0.29) is 17.6 Å². The highest BCUT2D eigenvalue weighted by Crippen LogP contribution is 2.26. The molecule has 0 unspecified atom stereocenters. The van der Waals surface area contributed by atoms with Gasteiger partial charge in [-0.2, -0.15) is 0 Å². The second kappa shape index (κ2) is 9.18. The molecule has 0 saturated heterocycles. The molecule has 9 heteroatoms. The average molecular weight is 433 g/mol. The van der Waals surface area contributed by atoms with Crippen molar-refractivity contribution in [2.24, 2.45) is 0 Å². The van der Waals surface area contributed by atoms with Crippen LogP contribution in [0.3, 0.4) is 0 Å². The van der Waals surface area contributed by atoms with Crippen molar-refractivity contribution in [3.05, 3.63) is 64.2 Å². The molecule has 0 radical (unpaired) electrons. The molecule has 0 aliphatic rings. The molecule has 0 aliphatic carbocycles. The van der Waals surface area contributed by atoms with E-state index in [2.05, 4.69) is 20.8 Å². The lowest BCUT2D eigenvalue weighted by molar-refractivity contribution is -0.113. The van der Waals surface area contributed by atoms with Crippen LogP contribution < -0.4 is 10.6 Å². The highest BCUT2D eigenvalue weighted by molar-refractivity contribution is 8.01. The number of hydrogen-bond acceptors (Lipinski definition) is 6. The number of rotatable bonds is 6. The monoisotopic (exact) mass is 432 g/mol. The number of aromatic nitrogens is 2. The first-order valence-corrected chi connectivity index (χ1v) is 10.5. The maximum absolute atomic E-state index is 12.2. The largest absolute Gasteiger partial charge is 0.325 e. The molecule has 0 fully saturated rings. The maximum Gasteiger partial charge on any atom is 0.257 e. The van der Waals surface area contributed by atoms with Gasteiger partial charge < -0.3 is 5.32 Å². The van der Waals surface area contributed by atoms with E-state index < -0.39 is 0 Å². The number of nitrogens with one attached hydrogen (secondary N) is 2. The Morgan fingerprint density at radius 2 is 1.93 bits per heavy atom. The van der Waals surface area contributed by atoms with Gasteiger partial charge in [-0.1, -0.05) is 52.9 Å². The maximum atomic E-state index is 12.2. The number of carbonyl (C=O) groups excluding carboxylic acids is 2. The highest BCUT2D eigenvalue weighted by Gasteiger charge is 2.12. The molecule has 3 aromatic rings. The number of halogens is 1. The van der Waals surface area contributed by atoms with E-state index in [4.69, 9.17) is 11.6 Å². The Balaban J connectivity index is 1.53. The molecule has 6 nitrogen and oxygen atoms in total. The molecular weight excluding hydrogens is 416 g/mol. The fourth-order valence-electron chi connectivity index (χ4n) is 2.30. The van der Waals surface area contributed by atoms with E-state index in [0.29, 0.717) is 20.1 Å². The molecule has 2 aromatic carbocycles. The molecule has 0 bridgehead atoms. The van der Waals surface area contributed by atoms with Crippen molar-refractivity contribution in [2.75, 3.05) is 16.4 Å². The fraction of sp³-hybridized carbons (Fsp3) is 0.158. The number of hydrogen-bond donors (Lipinski definition) is 2. The number of benzene rings is 2. The van der Waals surface area contributed by atoms with Crippen LogP contribution in [-0.2, 0) is 4.79 Å². The molecule has 0 aliphatic heterocycles. The molecule has 0 saturated carbocycles. The van der Waals surface area contributed by atoms with Gasteiger partial charge in [0.25, 0.3) is 5.91 Å². The van der Waals surface area contributed by atoms with Crippen LogP contribution in [0.4, 0.5) is 10.8 Å². The normalized spacial score (nSPS) is 10.5. The third kappa shape index (κ3) is 5.54. The Hall–Kier alpha value is -2.42. The molecule has 28 heavy (non-hydrogen) atoms. The number of aryl methyl sites for hydroxylation is 2. The number of carbonyl (C=O) groups is 2. The van der Waals surface area contributed by atoms with E-state index in [1.54, 1.807) is 24.3 Å². The van der Waals surface area contributed by atoms with Crippen LogP contribution >= 0.6 is 34.7 Å². The molecule has 1 aromatic heterocycles. The van der Waals surface area contributed by atoms with Crippen LogP contribution in [0.25, 0.3) is 0 Å². The van der Waals surface area contributed by atoms with Gasteiger partial charge in [-0.3, -0.25) is 14.9 Å². The van der Waals surface area contributed by atoms with Crippen LogP contribution in [0.1, 0.15) is 21.5 Å². The zero-order valence-electron chi connectivity index (χ0n) is 15.2. The van der Waals surface area contributed by atoms with E-state index >= 15 is 0 Å². The SMILES string of the molecule is Cc1ccc(C)c(NC(=O)CSc2nnc(NC(=O)c3cccc(Cl)c3)s2)c1. The summed E-state index contributed by atoms with van der Waals surface area (Å²) in [7, 11) is 0. The van der Waals surface area contributed by atoms with Gasteiger partial charge in [-0.05, 0) is 49.2 Å². The summed E-state index contributed by atoms with van der Waals surface area (Å²) in [4.78, 5) is 24.4. The second-order valence-electron chi connectivity index (χ2n) is 5.99. The summed E-state index contributed by atoms with van der Waals surface area (Å²) in [5.41, 5.74) is 3.32. The summed E-state index contributed by atoms with van der Waals surface area (Å²) >= 11 is 8.37. The number of anilines is 2. The van der Waals surface area contributed by atoms with Gasteiger partial charge in [0.2, 0.25) is 11.0 Å². The lowest BCUT2D eigenvalue weighted by Crippen LogP contribution is -2.14. The van der Waals surface area contributed by atoms with Gasteiger partial charge in [-0.25, -0.2) is 0 Å². The number of amides is 2. The van der Waals surface area contributed by atoms with Gasteiger partial charge in [0.1, 0.15) is 0 Å². The molecular formula is C19H17ClN4O2S2. The fourth-order valence-corrected chi connectivity index (χ4v) is 4.04. The molecule has 144 valence electrons. The smallest absolute Gasteiger partial charge is 0.257 e. The van der Waals surface area contributed by atoms with Gasteiger partial charge in [0.05, 0.1) is 5.75 Å². The van der Waals surface area contributed by atoms with E-state index in [1.165, 1.54) is 23.1 Å². The highest BCUT2D eigenvalue weighted by atomic mass is 35.5. The first kappa shape index (κ1) is 20.3. The van der Waals surface area contributed by atoms with E-state index in [0.717, 1.165) is 16.8 Å². The van der Waals surface area contributed by atoms with Crippen molar-refractivity contribution in [1.29, 1.82) is 0 Å². The molecule has 1 heterocycles. The minimum absolute atomic E-state index is 0.126. The standard InChI is InChI=1S/C19H17ClN4O2S2/c1-11-6-7-12(2)15(8-11)21-16(25)10-27-19-24-23-18(28-19)22-17(26)13-4-3-5-14(20)9-13/h3-9H,10H2,1-2H3,(H,21,25)(H,22,23,26). The predicted octanol–water partition coefficient (Wildman–Crippen LogP) is 4.79. The van der Waals surface area contributed by atoms with E-state index in [9.17, 15) is 9.59 Å². The van der Waals surface area contributed by atoms with Crippen molar-refractivity contribution < 1.29 is 9.59 Å². The third-order valence-corrected chi connectivity index (χ3v) is 5.91. The Bertz CT molecular complexity index is 1020. The minimum atomic E-state index is -0.317. The predicted molar refractivity (Wildman–Crippen MR) is 115 cm³/mol. The first-order chi connectivity index (χ1) is 13.4. The Labute approximate surface area is 175 Å². The summed E-state index contributed by atoms with van der Waals surface area (Å²) in [6.07, 6.45) is 0. The molecule has 0 atom stereocenters. The Kier molecular flexibility index (Phi) is 6.66. The van der Waals surface area contributed by atoms with Crippen LogP contribution in [0, 0.1) is 13.8 Å². The van der Waals surface area contributed by atoms with Gasteiger partial charge in [-0.15, -0.1) is 10.2 Å². The quantitative estimate of drug-likeness (QED) is 0.432. The van der Waals surface area contributed by atoms with Crippen molar-refractivity contribution in [3.63, 3.8) is 0 Å². The van der Waals surface area contributed by atoms with E-state index in [1.807, 2.05) is 32.0 Å². The zero-order valence-corrected chi connectivity index (χ0v) is 17.5. The van der Waals surface area contributed by atoms with Crippen LogP contribution in [-0.4, -0.2) is 27.8 Å². The lowest BCUT2D eigenvalue weighted by Gasteiger charge is -2.08. The number of nitrogens with zero attached hydrogens (tertiary/aromatic N) is 2. The first-order valence-electron chi connectivity index (χ1n) is 8.31. The Morgan fingerprint density at radius 1 is 1.11 bits per heavy atom. The second-order valence-corrected chi connectivity index (χ2v) is 8.63. The van der Waals surface area contributed by atoms with Crippen LogP contribution in [0.15, 0.2) is 46.8 Å². The van der Waals surface area contributed by atoms with Gasteiger partial charge in [0.15, 0.2) is 4.34 Å². The Morgan fingerprint density at radius 3 is 2.71 bits per heavy atom. The molecule has 2 N–H and O–H groups in total. The average Bonchev–Trinajstić information content (AvgIpc) is 3.10. The third-order valence-electron chi connectivity index (χ3n) is 3.71. The van der Waals surface area contributed by atoms with Crippen molar-refractivity contribution in [1.82, 2.24) is 10.2 Å². The zero-order chi connectivity index (χ0) is 20.1. The lowest BCUT2D eigenvalue weighted by atomic mass is 10.1. The summed E-state index contributed by atoms with van der Waals surface area (Å²) < 4.78 is 0.595. The summed E-state index contributed by atoms with van der Waals surface area (Å²) in [5, 5.41) is 14.4. The van der Waals surface area contributed by atoms with Gasteiger partial charge >= 0.3 is 0 Å². The van der Waals surface area contributed by atoms with Crippen molar-refractivity contribution >= 4 is 57.3 Å². The molecule has 2 amide bonds. The van der Waals surface area contributed by atoms with Crippen LogP contribution in [0.2, 0.25) is 5.02 Å². The summed E-state index contributed by atoms with van der Waals surface area (Å²) in [5.74, 6) is -0.245. The minimum Gasteiger partial charge on any atom is -0.325 e. The van der Waals surface area contributed by atoms with Gasteiger partial charge in [0, 0.05) is 16.3 Å². The van der Waals surface area contributed by atoms with Crippen LogP contribution in [0.5, 0.6) is 0 Å². The topological polar surface area (TPSA) is 84.0 Å². The van der Waals surface area contributed by atoms with Crippen molar-refractivity contribution in [3.8, 4) is 0 Å². The molecule has 3 rings (SSSR count). The van der Waals surface area contributed by atoms with Crippen molar-refractivity contribution in [2.45, 2.75) is 18.2 Å².